The predicted octanol–water partition coefficient (Wildman–Crippen LogP) is 4.67. The van der Waals surface area contributed by atoms with Crippen LogP contribution in [0, 0.1) is 5.92 Å². The number of nitrogens with one attached hydrogen (secondary N) is 1. The van der Waals surface area contributed by atoms with Crippen LogP contribution in [0.3, 0.4) is 0 Å². The highest BCUT2D eigenvalue weighted by Crippen LogP contribution is 2.42. The summed E-state index contributed by atoms with van der Waals surface area (Å²) in [6, 6.07) is 8.06. The van der Waals surface area contributed by atoms with Crippen LogP contribution in [0.15, 0.2) is 29.8 Å². The molecular formula is C27H41N3O3. The Bertz CT molecular complexity index is 885. The SMILES string of the molecule is CC(C)CC1C2=C(CCN1C(=O)[C@@H](CCCCN)NC(=O)OC(C)(C)C)c1ccccc1C2. The number of benzene rings is 1. The summed E-state index contributed by atoms with van der Waals surface area (Å²) >= 11 is 0. The molecule has 2 atom stereocenters. The van der Waals surface area contributed by atoms with Crippen LogP contribution >= 0.6 is 0 Å². The fourth-order valence-corrected chi connectivity index (χ4v) is 5.02. The maximum absolute atomic E-state index is 13.8. The van der Waals surface area contributed by atoms with Crippen molar-refractivity contribution in [3.63, 3.8) is 0 Å². The summed E-state index contributed by atoms with van der Waals surface area (Å²) in [6.45, 7) is 11.1. The van der Waals surface area contributed by atoms with Crippen LogP contribution in [0.1, 0.15) is 77.8 Å². The Hall–Kier alpha value is -2.34. The number of unbranched alkanes of at least 4 members (excludes halogenated alkanes) is 1. The van der Waals surface area contributed by atoms with E-state index >= 15 is 0 Å². The first kappa shape index (κ1) is 25.3. The standard InChI is InChI=1S/C27H41N3O3/c1-18(2)16-24-22-17-19-10-6-7-11-20(19)21(22)13-15-30(24)25(31)23(12-8-9-14-28)29-26(32)33-27(3,4)5/h6-7,10-11,18,23-24H,8-9,12-17,28H2,1-5H3,(H,29,32)/t23-,24?/m1/s1. The van der Waals surface area contributed by atoms with Gasteiger partial charge in [-0.05, 0) is 94.0 Å². The van der Waals surface area contributed by atoms with Crippen molar-refractivity contribution in [2.45, 2.75) is 90.8 Å². The molecule has 182 valence electrons. The lowest BCUT2D eigenvalue weighted by molar-refractivity contribution is -0.135. The van der Waals surface area contributed by atoms with E-state index < -0.39 is 17.7 Å². The lowest BCUT2D eigenvalue weighted by Gasteiger charge is -2.40. The summed E-state index contributed by atoms with van der Waals surface area (Å²) in [6.07, 6.45) is 4.30. The Kier molecular flexibility index (Phi) is 8.22. The quantitative estimate of drug-likeness (QED) is 0.558. The second-order valence-electron chi connectivity index (χ2n) is 10.7. The van der Waals surface area contributed by atoms with Crippen LogP contribution in [0.2, 0.25) is 0 Å². The fourth-order valence-electron chi connectivity index (χ4n) is 5.02. The van der Waals surface area contributed by atoms with E-state index in [0.29, 0.717) is 25.4 Å². The molecule has 0 radical (unpaired) electrons. The van der Waals surface area contributed by atoms with Gasteiger partial charge in [-0.2, -0.15) is 0 Å². The topological polar surface area (TPSA) is 84.7 Å². The van der Waals surface area contributed by atoms with Crippen LogP contribution < -0.4 is 11.1 Å². The van der Waals surface area contributed by atoms with Crippen molar-refractivity contribution in [2.24, 2.45) is 11.7 Å². The lowest BCUT2D eigenvalue weighted by atomic mass is 9.87. The minimum absolute atomic E-state index is 0.00830. The van der Waals surface area contributed by atoms with Gasteiger partial charge in [0.2, 0.25) is 5.91 Å². The predicted molar refractivity (Wildman–Crippen MR) is 133 cm³/mol. The molecule has 2 aliphatic rings. The van der Waals surface area contributed by atoms with Crippen molar-refractivity contribution >= 4 is 17.6 Å². The summed E-state index contributed by atoms with van der Waals surface area (Å²) in [5.74, 6) is 0.446. The second kappa shape index (κ2) is 10.7. The Morgan fingerprint density at radius 3 is 2.61 bits per heavy atom. The summed E-state index contributed by atoms with van der Waals surface area (Å²) < 4.78 is 5.46. The molecule has 0 bridgehead atoms. The zero-order valence-corrected chi connectivity index (χ0v) is 20.9. The number of fused-ring (bicyclic) bond motifs is 2. The number of ether oxygens (including phenoxy) is 1. The molecule has 0 spiro atoms. The number of amides is 2. The smallest absolute Gasteiger partial charge is 0.408 e. The Morgan fingerprint density at radius 1 is 1.21 bits per heavy atom. The van der Waals surface area contributed by atoms with Gasteiger partial charge in [0.15, 0.2) is 0 Å². The Labute approximate surface area is 198 Å². The maximum Gasteiger partial charge on any atom is 0.408 e. The van der Waals surface area contributed by atoms with Gasteiger partial charge >= 0.3 is 6.09 Å². The molecule has 0 aromatic heterocycles. The number of carbonyl (C=O) groups excluding carboxylic acids is 2. The number of alkyl carbamates (subject to hydrolysis) is 1. The molecule has 1 aliphatic heterocycles. The van der Waals surface area contributed by atoms with Crippen LogP contribution in [0.5, 0.6) is 0 Å². The molecule has 33 heavy (non-hydrogen) atoms. The van der Waals surface area contributed by atoms with Gasteiger partial charge in [0.1, 0.15) is 11.6 Å². The van der Waals surface area contributed by atoms with Gasteiger partial charge in [0.25, 0.3) is 0 Å². The summed E-state index contributed by atoms with van der Waals surface area (Å²) in [5, 5.41) is 2.87. The van der Waals surface area contributed by atoms with Crippen molar-refractivity contribution in [3.8, 4) is 0 Å². The third-order valence-corrected chi connectivity index (χ3v) is 6.41. The van der Waals surface area contributed by atoms with Gasteiger partial charge in [0, 0.05) is 6.54 Å². The molecule has 1 aromatic carbocycles. The average Bonchev–Trinajstić information content (AvgIpc) is 3.10. The van der Waals surface area contributed by atoms with E-state index in [0.717, 1.165) is 32.1 Å². The van der Waals surface area contributed by atoms with E-state index in [-0.39, 0.29) is 11.9 Å². The molecule has 3 rings (SSSR count). The molecule has 6 heteroatoms. The van der Waals surface area contributed by atoms with Crippen molar-refractivity contribution in [1.82, 2.24) is 10.2 Å². The van der Waals surface area contributed by atoms with Crippen LogP contribution in [-0.4, -0.2) is 47.7 Å². The largest absolute Gasteiger partial charge is 0.444 e. The molecule has 1 heterocycles. The van der Waals surface area contributed by atoms with Gasteiger partial charge < -0.3 is 20.7 Å². The van der Waals surface area contributed by atoms with Crippen molar-refractivity contribution in [3.05, 3.63) is 41.0 Å². The third-order valence-electron chi connectivity index (χ3n) is 6.41. The van der Waals surface area contributed by atoms with Gasteiger partial charge in [-0.3, -0.25) is 4.79 Å². The van der Waals surface area contributed by atoms with E-state index in [2.05, 4.69) is 43.4 Å². The first-order valence-electron chi connectivity index (χ1n) is 12.4. The van der Waals surface area contributed by atoms with Crippen molar-refractivity contribution in [2.75, 3.05) is 13.1 Å². The Morgan fingerprint density at radius 2 is 1.94 bits per heavy atom. The third kappa shape index (κ3) is 6.38. The number of hydrogen-bond acceptors (Lipinski definition) is 4. The zero-order chi connectivity index (χ0) is 24.2. The highest BCUT2D eigenvalue weighted by atomic mass is 16.6. The van der Waals surface area contributed by atoms with E-state index in [4.69, 9.17) is 10.5 Å². The van der Waals surface area contributed by atoms with Crippen LogP contribution in [0.4, 0.5) is 4.79 Å². The number of carbonyl (C=O) groups is 2. The minimum Gasteiger partial charge on any atom is -0.444 e. The molecule has 6 nitrogen and oxygen atoms in total. The van der Waals surface area contributed by atoms with Gasteiger partial charge in [0.05, 0.1) is 6.04 Å². The number of hydrogen-bond donors (Lipinski definition) is 2. The summed E-state index contributed by atoms with van der Waals surface area (Å²) in [7, 11) is 0. The molecule has 0 saturated heterocycles. The normalized spacial score (nSPS) is 18.8. The monoisotopic (exact) mass is 455 g/mol. The second-order valence-corrected chi connectivity index (χ2v) is 10.7. The average molecular weight is 456 g/mol. The molecule has 3 N–H and O–H groups in total. The molecule has 0 saturated carbocycles. The van der Waals surface area contributed by atoms with Crippen molar-refractivity contribution in [1.29, 1.82) is 0 Å². The number of rotatable bonds is 8. The van der Waals surface area contributed by atoms with Gasteiger partial charge in [-0.1, -0.05) is 38.1 Å². The van der Waals surface area contributed by atoms with Crippen LogP contribution in [0.25, 0.3) is 5.57 Å². The zero-order valence-electron chi connectivity index (χ0n) is 20.9. The fraction of sp³-hybridized carbons (Fsp3) is 0.630. The first-order chi connectivity index (χ1) is 15.6. The summed E-state index contributed by atoms with van der Waals surface area (Å²) in [5.41, 5.74) is 10.6. The van der Waals surface area contributed by atoms with E-state index in [1.54, 1.807) is 0 Å². The van der Waals surface area contributed by atoms with E-state index in [1.807, 2.05) is 25.7 Å². The first-order valence-corrected chi connectivity index (χ1v) is 12.4. The van der Waals surface area contributed by atoms with Gasteiger partial charge in [-0.25, -0.2) is 4.79 Å². The van der Waals surface area contributed by atoms with Crippen LogP contribution in [-0.2, 0) is 16.0 Å². The molecule has 1 aromatic rings. The molecule has 1 unspecified atom stereocenters. The minimum atomic E-state index is -0.615. The molecule has 2 amide bonds. The molecular weight excluding hydrogens is 414 g/mol. The maximum atomic E-state index is 13.8. The van der Waals surface area contributed by atoms with E-state index in [1.165, 1.54) is 22.3 Å². The van der Waals surface area contributed by atoms with Crippen molar-refractivity contribution < 1.29 is 14.3 Å². The summed E-state index contributed by atoms with van der Waals surface area (Å²) in [4.78, 5) is 28.4. The molecule has 1 aliphatic carbocycles. The van der Waals surface area contributed by atoms with E-state index in [9.17, 15) is 9.59 Å². The number of nitrogens with two attached hydrogens (primary N) is 1. The highest BCUT2D eigenvalue weighted by Gasteiger charge is 2.39. The molecule has 0 fully saturated rings. The number of nitrogens with zero attached hydrogens (tertiary/aromatic N) is 1. The van der Waals surface area contributed by atoms with Gasteiger partial charge in [-0.15, -0.1) is 0 Å². The highest BCUT2D eigenvalue weighted by molar-refractivity contribution is 5.88. The Balaban J connectivity index is 1.84. The lowest BCUT2D eigenvalue weighted by Crippen LogP contribution is -2.54.